The first kappa shape index (κ1) is 13.8. The van der Waals surface area contributed by atoms with Crippen molar-refractivity contribution in [2.75, 3.05) is 30.4 Å². The monoisotopic (exact) mass is 265 g/mol. The molecule has 0 aliphatic heterocycles. The summed E-state index contributed by atoms with van der Waals surface area (Å²) in [5, 5.41) is 3.12. The predicted octanol–water partition coefficient (Wildman–Crippen LogP) is 1.94. The van der Waals surface area contributed by atoms with Gasteiger partial charge in [-0.2, -0.15) is 15.0 Å². The lowest BCUT2D eigenvalue weighted by molar-refractivity contribution is 0.378. The van der Waals surface area contributed by atoms with Crippen molar-refractivity contribution >= 4 is 11.9 Å². The normalized spacial score (nSPS) is 14.6. The maximum atomic E-state index is 5.17. The molecule has 0 bridgehead atoms. The van der Waals surface area contributed by atoms with Crippen molar-refractivity contribution in [2.45, 2.75) is 39.7 Å². The van der Waals surface area contributed by atoms with Gasteiger partial charge in [0.2, 0.25) is 11.9 Å². The molecular weight excluding hydrogens is 242 g/mol. The van der Waals surface area contributed by atoms with Gasteiger partial charge in [0, 0.05) is 19.1 Å². The second-order valence-electron chi connectivity index (χ2n) is 5.25. The van der Waals surface area contributed by atoms with E-state index < -0.39 is 0 Å². The fraction of sp³-hybridized carbons (Fsp3) is 0.769. The quantitative estimate of drug-likeness (QED) is 0.813. The van der Waals surface area contributed by atoms with Crippen LogP contribution in [0.5, 0.6) is 6.01 Å². The molecule has 0 aromatic carbocycles. The summed E-state index contributed by atoms with van der Waals surface area (Å²) < 4.78 is 5.17. The van der Waals surface area contributed by atoms with E-state index in [-0.39, 0.29) is 0 Å². The molecule has 0 atom stereocenters. The van der Waals surface area contributed by atoms with Gasteiger partial charge in [0.1, 0.15) is 0 Å². The molecule has 19 heavy (non-hydrogen) atoms. The number of methoxy groups -OCH3 is 1. The van der Waals surface area contributed by atoms with E-state index in [0.717, 1.165) is 19.0 Å². The second kappa shape index (κ2) is 6.04. The molecule has 1 aliphatic carbocycles. The van der Waals surface area contributed by atoms with E-state index in [0.29, 0.717) is 23.9 Å². The Labute approximate surface area is 114 Å². The Balaban J connectivity index is 2.26. The van der Waals surface area contributed by atoms with E-state index in [2.05, 4.69) is 39.0 Å². The molecule has 0 amide bonds. The van der Waals surface area contributed by atoms with Gasteiger partial charge in [0.05, 0.1) is 7.11 Å². The molecule has 1 fully saturated rings. The molecule has 0 radical (unpaired) electrons. The Bertz CT molecular complexity index is 419. The zero-order valence-corrected chi connectivity index (χ0v) is 12.2. The van der Waals surface area contributed by atoms with Crippen molar-refractivity contribution in [3.63, 3.8) is 0 Å². The minimum Gasteiger partial charge on any atom is -0.467 e. The van der Waals surface area contributed by atoms with Crippen molar-refractivity contribution in [1.82, 2.24) is 15.0 Å². The first-order valence-electron chi connectivity index (χ1n) is 6.94. The van der Waals surface area contributed by atoms with Gasteiger partial charge >= 0.3 is 6.01 Å². The van der Waals surface area contributed by atoms with Crippen molar-refractivity contribution in [1.29, 1.82) is 0 Å². The van der Waals surface area contributed by atoms with Crippen molar-refractivity contribution < 1.29 is 4.74 Å². The van der Waals surface area contributed by atoms with E-state index in [1.807, 2.05) is 6.92 Å². The highest BCUT2D eigenvalue weighted by molar-refractivity contribution is 5.40. The number of nitrogens with one attached hydrogen (secondary N) is 1. The van der Waals surface area contributed by atoms with Crippen LogP contribution in [0.2, 0.25) is 0 Å². The summed E-state index contributed by atoms with van der Waals surface area (Å²) in [7, 11) is 1.58. The second-order valence-corrected chi connectivity index (χ2v) is 5.25. The number of hydrogen-bond donors (Lipinski definition) is 1. The Kier molecular flexibility index (Phi) is 4.39. The molecule has 2 rings (SSSR count). The third kappa shape index (κ3) is 3.68. The summed E-state index contributed by atoms with van der Waals surface area (Å²) in [6.45, 7) is 8.17. The maximum absolute atomic E-state index is 5.17. The minimum absolute atomic E-state index is 0.371. The Hall–Kier alpha value is -1.59. The highest BCUT2D eigenvalue weighted by Crippen LogP contribution is 2.31. The van der Waals surface area contributed by atoms with Crippen LogP contribution in [0.4, 0.5) is 11.9 Å². The van der Waals surface area contributed by atoms with Crippen molar-refractivity contribution in [3.8, 4) is 6.01 Å². The SMILES string of the molecule is CCNc1nc(OC)nc(N(CC(C)C)C2CC2)n1. The average Bonchev–Trinajstić information content (AvgIpc) is 3.20. The standard InChI is InChI=1S/C13H23N5O/c1-5-14-11-15-12(17-13(16-11)19-4)18(8-9(2)3)10-6-7-10/h9-10H,5-8H2,1-4H3,(H,14,15,16,17). The fourth-order valence-electron chi connectivity index (χ4n) is 1.98. The summed E-state index contributed by atoms with van der Waals surface area (Å²) >= 11 is 0. The number of hydrogen-bond acceptors (Lipinski definition) is 6. The third-order valence-electron chi connectivity index (χ3n) is 2.93. The summed E-state index contributed by atoms with van der Waals surface area (Å²) in [5.41, 5.74) is 0. The van der Waals surface area contributed by atoms with E-state index in [1.165, 1.54) is 12.8 Å². The molecule has 6 heteroatoms. The van der Waals surface area contributed by atoms with E-state index in [1.54, 1.807) is 7.11 Å². The van der Waals surface area contributed by atoms with E-state index >= 15 is 0 Å². The van der Waals surface area contributed by atoms with Gasteiger partial charge in [-0.15, -0.1) is 0 Å². The topological polar surface area (TPSA) is 63.2 Å². The summed E-state index contributed by atoms with van der Waals surface area (Å²) in [6, 6.07) is 0.944. The van der Waals surface area contributed by atoms with Crippen LogP contribution in [0.25, 0.3) is 0 Å². The molecule has 1 heterocycles. The Morgan fingerprint density at radius 1 is 1.32 bits per heavy atom. The van der Waals surface area contributed by atoms with Crippen molar-refractivity contribution in [2.24, 2.45) is 5.92 Å². The summed E-state index contributed by atoms with van der Waals surface area (Å²) in [5.74, 6) is 1.88. The molecule has 0 spiro atoms. The zero-order chi connectivity index (χ0) is 13.8. The van der Waals surface area contributed by atoms with Gasteiger partial charge in [-0.05, 0) is 25.7 Å². The Morgan fingerprint density at radius 2 is 2.05 bits per heavy atom. The molecule has 0 saturated heterocycles. The van der Waals surface area contributed by atoms with Crippen LogP contribution in [0.3, 0.4) is 0 Å². The van der Waals surface area contributed by atoms with Gasteiger partial charge in [0.25, 0.3) is 0 Å². The Morgan fingerprint density at radius 3 is 2.58 bits per heavy atom. The highest BCUT2D eigenvalue weighted by Gasteiger charge is 2.31. The van der Waals surface area contributed by atoms with Gasteiger partial charge in [-0.1, -0.05) is 13.8 Å². The van der Waals surface area contributed by atoms with Gasteiger partial charge in [-0.3, -0.25) is 0 Å². The lowest BCUT2D eigenvalue weighted by Gasteiger charge is -2.24. The molecule has 6 nitrogen and oxygen atoms in total. The lowest BCUT2D eigenvalue weighted by atomic mass is 10.2. The number of nitrogens with zero attached hydrogens (tertiary/aromatic N) is 4. The number of rotatable bonds is 7. The van der Waals surface area contributed by atoms with Crippen LogP contribution in [0, 0.1) is 5.92 Å². The van der Waals surface area contributed by atoms with Crippen LogP contribution >= 0.6 is 0 Å². The van der Waals surface area contributed by atoms with Crippen molar-refractivity contribution in [3.05, 3.63) is 0 Å². The van der Waals surface area contributed by atoms with Crippen LogP contribution in [-0.2, 0) is 0 Å². The maximum Gasteiger partial charge on any atom is 0.322 e. The number of aromatic nitrogens is 3. The predicted molar refractivity (Wildman–Crippen MR) is 75.7 cm³/mol. The molecule has 1 saturated carbocycles. The smallest absolute Gasteiger partial charge is 0.322 e. The minimum atomic E-state index is 0.371. The van der Waals surface area contributed by atoms with Crippen LogP contribution in [0.1, 0.15) is 33.6 Å². The van der Waals surface area contributed by atoms with Gasteiger partial charge in [0.15, 0.2) is 0 Å². The lowest BCUT2D eigenvalue weighted by Crippen LogP contribution is -2.32. The largest absolute Gasteiger partial charge is 0.467 e. The first-order valence-corrected chi connectivity index (χ1v) is 6.94. The molecule has 1 aromatic heterocycles. The van der Waals surface area contributed by atoms with Gasteiger partial charge < -0.3 is 15.0 Å². The zero-order valence-electron chi connectivity index (χ0n) is 12.2. The molecule has 1 aliphatic rings. The molecule has 106 valence electrons. The van der Waals surface area contributed by atoms with Crippen LogP contribution in [0.15, 0.2) is 0 Å². The van der Waals surface area contributed by atoms with Crippen LogP contribution in [-0.4, -0.2) is 41.2 Å². The fourth-order valence-corrected chi connectivity index (χ4v) is 1.98. The molecule has 1 aromatic rings. The molecular formula is C13H23N5O. The summed E-state index contributed by atoms with van der Waals surface area (Å²) in [6.07, 6.45) is 2.44. The first-order chi connectivity index (χ1) is 9.13. The average molecular weight is 265 g/mol. The van der Waals surface area contributed by atoms with E-state index in [4.69, 9.17) is 4.74 Å². The third-order valence-corrected chi connectivity index (χ3v) is 2.93. The summed E-state index contributed by atoms with van der Waals surface area (Å²) in [4.78, 5) is 15.4. The van der Waals surface area contributed by atoms with Crippen LogP contribution < -0.4 is 15.0 Å². The molecule has 1 N–H and O–H groups in total. The molecule has 0 unspecified atom stereocenters. The number of anilines is 2. The van der Waals surface area contributed by atoms with Gasteiger partial charge in [-0.25, -0.2) is 0 Å². The highest BCUT2D eigenvalue weighted by atomic mass is 16.5. The van der Waals surface area contributed by atoms with E-state index in [9.17, 15) is 0 Å². The number of ether oxygens (including phenoxy) is 1.